The molecular formula is C22H27NO4. The molecule has 0 saturated carbocycles. The summed E-state index contributed by atoms with van der Waals surface area (Å²) in [7, 11) is 0. The van der Waals surface area contributed by atoms with E-state index in [1.165, 1.54) is 5.56 Å². The average Bonchev–Trinajstić information content (AvgIpc) is 2.68. The second-order valence-electron chi connectivity index (χ2n) is 6.25. The molecule has 0 aliphatic carbocycles. The monoisotopic (exact) mass is 369 g/mol. The van der Waals surface area contributed by atoms with Gasteiger partial charge in [0.25, 0.3) is 5.91 Å². The van der Waals surface area contributed by atoms with Crippen LogP contribution in [0.3, 0.4) is 0 Å². The fourth-order valence-electron chi connectivity index (χ4n) is 2.60. The first-order valence-electron chi connectivity index (χ1n) is 9.32. The summed E-state index contributed by atoms with van der Waals surface area (Å²) in [5, 5.41) is 2.87. The summed E-state index contributed by atoms with van der Waals surface area (Å²) in [5.41, 5.74) is 3.06. The van der Waals surface area contributed by atoms with Crippen LogP contribution in [-0.4, -0.2) is 24.6 Å². The Labute approximate surface area is 160 Å². The highest BCUT2D eigenvalue weighted by molar-refractivity contribution is 5.97. The first kappa shape index (κ1) is 20.5. The number of hydrogen-bond donors (Lipinski definition) is 1. The lowest BCUT2D eigenvalue weighted by molar-refractivity contribution is -0.122. The topological polar surface area (TPSA) is 64.6 Å². The van der Waals surface area contributed by atoms with Gasteiger partial charge in [0.15, 0.2) is 6.10 Å². The molecule has 0 aliphatic rings. The third-order valence-electron chi connectivity index (χ3n) is 4.28. The van der Waals surface area contributed by atoms with Gasteiger partial charge in [-0.05, 0) is 62.1 Å². The van der Waals surface area contributed by atoms with Crippen molar-refractivity contribution in [2.45, 2.75) is 46.6 Å². The number of rotatable bonds is 8. The Morgan fingerprint density at radius 2 is 1.74 bits per heavy atom. The van der Waals surface area contributed by atoms with E-state index in [0.717, 1.165) is 12.0 Å². The van der Waals surface area contributed by atoms with E-state index in [9.17, 15) is 9.59 Å². The van der Waals surface area contributed by atoms with Crippen molar-refractivity contribution in [1.82, 2.24) is 0 Å². The predicted octanol–water partition coefficient (Wildman–Crippen LogP) is 4.53. The van der Waals surface area contributed by atoms with E-state index in [0.29, 0.717) is 30.0 Å². The van der Waals surface area contributed by atoms with Crippen molar-refractivity contribution in [3.8, 4) is 5.75 Å². The van der Waals surface area contributed by atoms with E-state index in [-0.39, 0.29) is 5.91 Å². The number of nitrogens with one attached hydrogen (secondary N) is 1. The molecule has 1 atom stereocenters. The lowest BCUT2D eigenvalue weighted by Gasteiger charge is -2.18. The van der Waals surface area contributed by atoms with E-state index in [2.05, 4.69) is 12.2 Å². The van der Waals surface area contributed by atoms with Crippen molar-refractivity contribution in [3.05, 3.63) is 59.2 Å². The van der Waals surface area contributed by atoms with E-state index in [1.807, 2.05) is 38.1 Å². The molecule has 2 aromatic rings. The van der Waals surface area contributed by atoms with E-state index in [1.54, 1.807) is 25.1 Å². The summed E-state index contributed by atoms with van der Waals surface area (Å²) >= 11 is 0. The zero-order valence-electron chi connectivity index (χ0n) is 16.4. The van der Waals surface area contributed by atoms with Gasteiger partial charge in [-0.15, -0.1) is 0 Å². The molecule has 0 aliphatic heterocycles. The zero-order valence-corrected chi connectivity index (χ0v) is 16.4. The van der Waals surface area contributed by atoms with Crippen LogP contribution in [0.25, 0.3) is 0 Å². The summed E-state index contributed by atoms with van der Waals surface area (Å²) < 4.78 is 10.9. The van der Waals surface area contributed by atoms with Crippen LogP contribution in [0, 0.1) is 6.92 Å². The highest BCUT2D eigenvalue weighted by atomic mass is 16.5. The molecule has 0 unspecified atom stereocenters. The first-order valence-corrected chi connectivity index (χ1v) is 9.32. The van der Waals surface area contributed by atoms with Crippen LogP contribution < -0.4 is 10.1 Å². The lowest BCUT2D eigenvalue weighted by Crippen LogP contribution is -2.32. The highest BCUT2D eigenvalue weighted by Gasteiger charge is 2.20. The van der Waals surface area contributed by atoms with E-state index < -0.39 is 12.1 Å². The Balaban J connectivity index is 2.11. The molecule has 2 rings (SSSR count). The van der Waals surface area contributed by atoms with Crippen LogP contribution in [0.5, 0.6) is 5.75 Å². The molecule has 0 spiro atoms. The Hall–Kier alpha value is -2.82. The van der Waals surface area contributed by atoms with Gasteiger partial charge in [0.2, 0.25) is 0 Å². The quantitative estimate of drug-likeness (QED) is 0.694. The van der Waals surface area contributed by atoms with Crippen LogP contribution >= 0.6 is 0 Å². The molecule has 27 heavy (non-hydrogen) atoms. The molecule has 0 radical (unpaired) electrons. The van der Waals surface area contributed by atoms with Gasteiger partial charge >= 0.3 is 5.97 Å². The van der Waals surface area contributed by atoms with Crippen molar-refractivity contribution < 1.29 is 19.1 Å². The molecule has 1 amide bonds. The van der Waals surface area contributed by atoms with Crippen molar-refractivity contribution in [2.75, 3.05) is 11.9 Å². The highest BCUT2D eigenvalue weighted by Crippen LogP contribution is 2.20. The molecule has 5 nitrogen and oxygen atoms in total. The van der Waals surface area contributed by atoms with Gasteiger partial charge in [-0.25, -0.2) is 4.79 Å². The molecule has 0 bridgehead atoms. The molecule has 0 saturated heterocycles. The molecule has 0 fully saturated rings. The zero-order chi connectivity index (χ0) is 19.8. The minimum atomic E-state index is -0.622. The molecule has 1 N–H and O–H groups in total. The van der Waals surface area contributed by atoms with Gasteiger partial charge in [0.1, 0.15) is 5.75 Å². The van der Waals surface area contributed by atoms with Crippen LogP contribution in [0.2, 0.25) is 0 Å². The average molecular weight is 369 g/mol. The molecule has 2 aromatic carbocycles. The normalized spacial score (nSPS) is 11.6. The fraction of sp³-hybridized carbons (Fsp3) is 0.364. The maximum absolute atomic E-state index is 12.7. The number of esters is 1. The number of anilines is 1. The van der Waals surface area contributed by atoms with Crippen LogP contribution in [0.1, 0.15) is 48.7 Å². The number of aryl methyl sites for hydroxylation is 2. The largest absolute Gasteiger partial charge is 0.481 e. The Morgan fingerprint density at radius 1 is 1.04 bits per heavy atom. The van der Waals surface area contributed by atoms with Crippen molar-refractivity contribution in [1.29, 1.82) is 0 Å². The maximum atomic E-state index is 12.7. The lowest BCUT2D eigenvalue weighted by atomic mass is 10.1. The maximum Gasteiger partial charge on any atom is 0.338 e. The van der Waals surface area contributed by atoms with Crippen molar-refractivity contribution in [3.63, 3.8) is 0 Å². The van der Waals surface area contributed by atoms with Crippen LogP contribution in [-0.2, 0) is 16.0 Å². The smallest absolute Gasteiger partial charge is 0.338 e. The number of ether oxygens (including phenoxy) is 2. The Morgan fingerprint density at radius 3 is 2.33 bits per heavy atom. The summed E-state index contributed by atoms with van der Waals surface area (Å²) in [4.78, 5) is 24.6. The fourth-order valence-corrected chi connectivity index (χ4v) is 2.60. The minimum absolute atomic E-state index is 0.249. The number of carbonyl (C=O) groups excluding carboxylic acids is 2. The summed E-state index contributed by atoms with van der Waals surface area (Å²) in [6, 6.07) is 12.8. The second kappa shape index (κ2) is 9.76. The molecule has 0 heterocycles. The first-order chi connectivity index (χ1) is 13.0. The molecule has 0 aromatic heterocycles. The van der Waals surface area contributed by atoms with E-state index in [4.69, 9.17) is 9.47 Å². The summed E-state index contributed by atoms with van der Waals surface area (Å²) in [6.45, 7) is 7.91. The number of benzene rings is 2. The number of hydrogen-bond acceptors (Lipinski definition) is 4. The predicted molar refractivity (Wildman–Crippen MR) is 106 cm³/mol. The van der Waals surface area contributed by atoms with Gasteiger partial charge in [0.05, 0.1) is 12.2 Å². The third-order valence-corrected chi connectivity index (χ3v) is 4.28. The van der Waals surface area contributed by atoms with E-state index >= 15 is 0 Å². The van der Waals surface area contributed by atoms with Gasteiger partial charge < -0.3 is 14.8 Å². The van der Waals surface area contributed by atoms with Crippen molar-refractivity contribution in [2.24, 2.45) is 0 Å². The van der Waals surface area contributed by atoms with Crippen molar-refractivity contribution >= 4 is 17.6 Å². The van der Waals surface area contributed by atoms with Gasteiger partial charge in [-0.3, -0.25) is 4.79 Å². The molecular weight excluding hydrogens is 342 g/mol. The Bertz CT molecular complexity index is 783. The standard InChI is InChI=1S/C22H27NO4/c1-5-16-9-12-18(13-10-16)27-20(6-2)21(24)23-19-14-17(11-8-15(19)4)22(25)26-7-3/h8-14,20H,5-7H2,1-4H3,(H,23,24)/t20-/m1/s1. The van der Waals surface area contributed by atoms with Crippen LogP contribution in [0.15, 0.2) is 42.5 Å². The molecule has 5 heteroatoms. The second-order valence-corrected chi connectivity index (χ2v) is 6.25. The van der Waals surface area contributed by atoms with Gasteiger partial charge in [-0.2, -0.15) is 0 Å². The van der Waals surface area contributed by atoms with Gasteiger partial charge in [0, 0.05) is 5.69 Å². The van der Waals surface area contributed by atoms with Crippen LogP contribution in [0.4, 0.5) is 5.69 Å². The third kappa shape index (κ3) is 5.58. The SMILES string of the molecule is CCOC(=O)c1ccc(C)c(NC(=O)[C@@H](CC)Oc2ccc(CC)cc2)c1. The van der Waals surface area contributed by atoms with Gasteiger partial charge in [-0.1, -0.05) is 32.0 Å². The molecule has 144 valence electrons. The Kier molecular flexibility index (Phi) is 7.41. The minimum Gasteiger partial charge on any atom is -0.481 e. The summed E-state index contributed by atoms with van der Waals surface area (Å²) in [5.74, 6) is -0.000299. The number of carbonyl (C=O) groups is 2. The summed E-state index contributed by atoms with van der Waals surface area (Å²) in [6.07, 6.45) is 0.856. The number of amides is 1.